The van der Waals surface area contributed by atoms with E-state index in [0.29, 0.717) is 0 Å². The molecule has 0 bridgehead atoms. The van der Waals surface area contributed by atoms with Crippen molar-refractivity contribution in [1.29, 1.82) is 0 Å². The van der Waals surface area contributed by atoms with Gasteiger partial charge in [0.2, 0.25) is 0 Å². The summed E-state index contributed by atoms with van der Waals surface area (Å²) in [4.78, 5) is 2.34. The van der Waals surface area contributed by atoms with Crippen molar-refractivity contribution in [3.05, 3.63) is 188 Å². The summed E-state index contributed by atoms with van der Waals surface area (Å²) in [5.41, 5.74) is 11.3. The minimum absolute atomic E-state index is 0.855. The van der Waals surface area contributed by atoms with Gasteiger partial charge in [0.25, 0.3) is 0 Å². The molecule has 0 fully saturated rings. The van der Waals surface area contributed by atoms with Crippen LogP contribution in [-0.2, 0) is 0 Å². The average Bonchev–Trinajstić information content (AvgIpc) is 4.07. The van der Waals surface area contributed by atoms with Crippen LogP contribution in [0.5, 0.6) is 0 Å². The van der Waals surface area contributed by atoms with E-state index in [1.54, 1.807) is 0 Å². The lowest BCUT2D eigenvalue weighted by Crippen LogP contribution is -2.10. The largest absolute Gasteiger partial charge is 0.456 e. The van der Waals surface area contributed by atoms with Gasteiger partial charge in [-0.15, -0.1) is 22.7 Å². The van der Waals surface area contributed by atoms with E-state index >= 15 is 0 Å². The third-order valence-corrected chi connectivity index (χ3v) is 14.3. The first kappa shape index (κ1) is 32.9. The van der Waals surface area contributed by atoms with E-state index in [4.69, 9.17) is 8.83 Å². The second-order valence-electron chi connectivity index (χ2n) is 15.2. The molecule has 0 N–H and O–H groups in total. The van der Waals surface area contributed by atoms with Crippen molar-refractivity contribution in [2.75, 3.05) is 4.90 Å². The first-order valence-electron chi connectivity index (χ1n) is 19.8. The third kappa shape index (κ3) is 4.93. The highest BCUT2D eigenvalue weighted by Crippen LogP contribution is 2.48. The molecule has 0 unspecified atom stereocenters. The highest BCUT2D eigenvalue weighted by molar-refractivity contribution is 7.27. The fourth-order valence-corrected chi connectivity index (χ4v) is 11.7. The van der Waals surface area contributed by atoms with E-state index in [2.05, 4.69) is 187 Å². The number of hydrogen-bond donors (Lipinski definition) is 0. The van der Waals surface area contributed by atoms with Crippen LogP contribution in [0, 0.1) is 0 Å². The molecule has 0 aliphatic rings. The van der Waals surface area contributed by atoms with E-state index in [0.717, 1.165) is 66.7 Å². The minimum atomic E-state index is 0.855. The number of rotatable bonds is 5. The fourth-order valence-electron chi connectivity index (χ4n) is 9.24. The summed E-state index contributed by atoms with van der Waals surface area (Å²) >= 11 is 3.71. The summed E-state index contributed by atoms with van der Waals surface area (Å²) in [6.45, 7) is 0. The molecule has 13 aromatic rings. The molecule has 59 heavy (non-hydrogen) atoms. The van der Waals surface area contributed by atoms with Crippen molar-refractivity contribution in [3.63, 3.8) is 0 Å². The summed E-state index contributed by atoms with van der Waals surface area (Å²) in [5.74, 6) is 0. The van der Waals surface area contributed by atoms with Crippen molar-refractivity contribution in [2.24, 2.45) is 0 Å². The monoisotopic (exact) mass is 789 g/mol. The molecule has 0 spiro atoms. The Kier molecular flexibility index (Phi) is 7.05. The summed E-state index contributed by atoms with van der Waals surface area (Å²) in [5, 5.41) is 9.67. The molecule has 4 heterocycles. The first-order chi connectivity index (χ1) is 29.2. The van der Waals surface area contributed by atoms with Crippen molar-refractivity contribution < 1.29 is 8.83 Å². The molecule has 0 aliphatic carbocycles. The highest BCUT2D eigenvalue weighted by atomic mass is 32.1. The molecule has 0 saturated carbocycles. The predicted molar refractivity (Wildman–Crippen MR) is 252 cm³/mol. The lowest BCUT2D eigenvalue weighted by molar-refractivity contribution is 0.669. The molecule has 276 valence electrons. The summed E-state index contributed by atoms with van der Waals surface area (Å²) in [6.07, 6.45) is 0. The number of hydrogen-bond acceptors (Lipinski definition) is 5. The zero-order valence-corrected chi connectivity index (χ0v) is 33.1. The van der Waals surface area contributed by atoms with Gasteiger partial charge < -0.3 is 13.7 Å². The Bertz CT molecular complexity index is 3810. The summed E-state index contributed by atoms with van der Waals surface area (Å²) in [6, 6.07) is 67.5. The van der Waals surface area contributed by atoms with Gasteiger partial charge in [-0.3, -0.25) is 0 Å². The molecule has 4 aromatic heterocycles. The Hall–Kier alpha value is -7.18. The Morgan fingerprint density at radius 2 is 0.983 bits per heavy atom. The van der Waals surface area contributed by atoms with Gasteiger partial charge in [0.05, 0.1) is 5.69 Å². The van der Waals surface area contributed by atoms with E-state index in [9.17, 15) is 0 Å². The molecule has 13 rings (SSSR count). The second-order valence-corrected chi connectivity index (χ2v) is 17.3. The molecule has 0 radical (unpaired) electrons. The standard InChI is InChI=1S/C54H31NO2S2/c1-4-21-45-38(13-1)41-18-9-20-44(52(41)57-45)55(34-27-25-32(26-28-34)37-17-8-19-42-39-14-2-5-23-48(39)58-53(37)42)35-12-7-11-33(31-35)36-16-10-22-46-50(36)51-47(56-46)30-29-43-40-15-3-6-24-49(40)59-54(43)51/h1-31H. The minimum Gasteiger partial charge on any atom is -0.456 e. The lowest BCUT2D eigenvalue weighted by Gasteiger charge is -2.26. The van der Waals surface area contributed by atoms with Gasteiger partial charge in [0.1, 0.15) is 16.7 Å². The molecule has 9 aromatic carbocycles. The first-order valence-corrected chi connectivity index (χ1v) is 21.5. The molecule has 0 saturated heterocycles. The van der Waals surface area contributed by atoms with Crippen LogP contribution in [0.25, 0.3) is 106 Å². The predicted octanol–water partition coefficient (Wildman–Crippen LogP) is 17.0. The zero-order valence-electron chi connectivity index (χ0n) is 31.5. The van der Waals surface area contributed by atoms with Crippen LogP contribution in [0.15, 0.2) is 197 Å². The fraction of sp³-hybridized carbons (Fsp3) is 0. The normalized spacial score (nSPS) is 12.1. The molecule has 5 heteroatoms. The van der Waals surface area contributed by atoms with Crippen molar-refractivity contribution in [3.8, 4) is 22.3 Å². The highest BCUT2D eigenvalue weighted by Gasteiger charge is 2.22. The van der Waals surface area contributed by atoms with Gasteiger partial charge in [0.15, 0.2) is 5.58 Å². The molecule has 0 amide bonds. The van der Waals surface area contributed by atoms with E-state index in [1.807, 2.05) is 28.7 Å². The van der Waals surface area contributed by atoms with Crippen molar-refractivity contribution >= 4 is 124 Å². The maximum atomic E-state index is 6.70. The van der Waals surface area contributed by atoms with E-state index < -0.39 is 0 Å². The number of furan rings is 2. The van der Waals surface area contributed by atoms with Crippen LogP contribution in [0.4, 0.5) is 17.1 Å². The average molecular weight is 790 g/mol. The van der Waals surface area contributed by atoms with Gasteiger partial charge in [-0.1, -0.05) is 121 Å². The molecule has 0 aliphatic heterocycles. The van der Waals surface area contributed by atoms with Gasteiger partial charge in [-0.2, -0.15) is 0 Å². The van der Waals surface area contributed by atoms with Crippen LogP contribution in [0.1, 0.15) is 0 Å². The van der Waals surface area contributed by atoms with Crippen LogP contribution in [0.3, 0.4) is 0 Å². The van der Waals surface area contributed by atoms with Crippen LogP contribution in [-0.4, -0.2) is 0 Å². The third-order valence-electron chi connectivity index (χ3n) is 11.9. The number of thiophene rings is 2. The van der Waals surface area contributed by atoms with Crippen LogP contribution < -0.4 is 4.90 Å². The molecule has 3 nitrogen and oxygen atoms in total. The van der Waals surface area contributed by atoms with Gasteiger partial charge in [-0.25, -0.2) is 0 Å². The van der Waals surface area contributed by atoms with Gasteiger partial charge in [-0.05, 0) is 89.0 Å². The SMILES string of the molecule is c1cc(-c2cccc3oc4ccc5c6ccccc6sc5c4c23)cc(N(c2ccc(-c3cccc4c3sc3ccccc34)cc2)c2cccc3c2oc2ccccc23)c1. The molecular weight excluding hydrogens is 759 g/mol. The number of para-hydroxylation sites is 2. The van der Waals surface area contributed by atoms with Gasteiger partial charge in [0, 0.05) is 73.3 Å². The second kappa shape index (κ2) is 12.7. The number of nitrogens with zero attached hydrogens (tertiary/aromatic N) is 1. The smallest absolute Gasteiger partial charge is 0.159 e. The summed E-state index contributed by atoms with van der Waals surface area (Å²) < 4.78 is 18.5. The van der Waals surface area contributed by atoms with Crippen molar-refractivity contribution in [2.45, 2.75) is 0 Å². The number of fused-ring (bicyclic) bond motifs is 13. The topological polar surface area (TPSA) is 29.5 Å². The Labute approximate surface area is 346 Å². The lowest BCUT2D eigenvalue weighted by atomic mass is 9.97. The maximum Gasteiger partial charge on any atom is 0.159 e. The number of anilines is 3. The quantitative estimate of drug-likeness (QED) is 0.174. The maximum absolute atomic E-state index is 6.70. The Balaban J connectivity index is 1.01. The number of benzene rings is 9. The van der Waals surface area contributed by atoms with E-state index in [-0.39, 0.29) is 0 Å². The Morgan fingerprint density at radius 1 is 0.356 bits per heavy atom. The van der Waals surface area contributed by atoms with Crippen LogP contribution in [0.2, 0.25) is 0 Å². The van der Waals surface area contributed by atoms with E-state index in [1.165, 1.54) is 56.9 Å². The van der Waals surface area contributed by atoms with Crippen molar-refractivity contribution in [1.82, 2.24) is 0 Å². The Morgan fingerprint density at radius 3 is 1.83 bits per heavy atom. The van der Waals surface area contributed by atoms with Gasteiger partial charge >= 0.3 is 0 Å². The van der Waals surface area contributed by atoms with Crippen LogP contribution >= 0.6 is 22.7 Å². The molecular formula is C54H31NO2S2. The molecule has 0 atom stereocenters. The zero-order chi connectivity index (χ0) is 38.6. The summed E-state index contributed by atoms with van der Waals surface area (Å²) in [7, 11) is 0.